The van der Waals surface area contributed by atoms with Crippen molar-refractivity contribution in [1.82, 2.24) is 20.1 Å². The molecule has 2 aliphatic rings. The van der Waals surface area contributed by atoms with Crippen molar-refractivity contribution in [2.45, 2.75) is 71.2 Å². The number of nitrogens with zero attached hydrogens (tertiary/aromatic N) is 3. The normalized spacial score (nSPS) is 37.1. The molecule has 3 rings (SSSR count). The van der Waals surface area contributed by atoms with Gasteiger partial charge in [-0.15, -0.1) is 10.2 Å². The summed E-state index contributed by atoms with van der Waals surface area (Å²) in [5, 5.41) is 12.6. The van der Waals surface area contributed by atoms with E-state index in [0.29, 0.717) is 24.0 Å². The van der Waals surface area contributed by atoms with E-state index in [1.807, 2.05) is 0 Å². The van der Waals surface area contributed by atoms with Gasteiger partial charge >= 0.3 is 0 Å². The van der Waals surface area contributed by atoms with Gasteiger partial charge in [0.05, 0.1) is 24.2 Å². The predicted molar refractivity (Wildman–Crippen MR) is 77.6 cm³/mol. The van der Waals surface area contributed by atoms with E-state index >= 15 is 0 Å². The molecule has 0 radical (unpaired) electrons. The molecule has 20 heavy (non-hydrogen) atoms. The van der Waals surface area contributed by atoms with Gasteiger partial charge in [0.15, 0.2) is 0 Å². The van der Waals surface area contributed by atoms with Crippen molar-refractivity contribution in [3.63, 3.8) is 0 Å². The minimum absolute atomic E-state index is 0.229. The molecule has 1 N–H and O–H groups in total. The zero-order valence-electron chi connectivity index (χ0n) is 13.0. The van der Waals surface area contributed by atoms with E-state index in [1.54, 1.807) is 0 Å². The molecule has 0 saturated carbocycles. The van der Waals surface area contributed by atoms with Crippen molar-refractivity contribution in [3.8, 4) is 0 Å². The summed E-state index contributed by atoms with van der Waals surface area (Å²) >= 11 is 0. The van der Waals surface area contributed by atoms with Crippen molar-refractivity contribution in [2.24, 2.45) is 5.92 Å². The molecule has 5 heteroatoms. The van der Waals surface area contributed by atoms with Gasteiger partial charge in [0.2, 0.25) is 0 Å². The molecule has 0 spiro atoms. The largest absolute Gasteiger partial charge is 0.374 e. The maximum absolute atomic E-state index is 5.98. The first kappa shape index (κ1) is 14.0. The fourth-order valence-electron chi connectivity index (χ4n) is 3.73. The summed E-state index contributed by atoms with van der Waals surface area (Å²) in [4.78, 5) is 0. The molecular formula is C15H26N4O. The zero-order valence-corrected chi connectivity index (χ0v) is 13.0. The van der Waals surface area contributed by atoms with E-state index in [4.69, 9.17) is 4.74 Å². The van der Waals surface area contributed by atoms with Gasteiger partial charge < -0.3 is 14.6 Å². The molecule has 5 atom stereocenters. The third-order valence-electron chi connectivity index (χ3n) is 4.96. The Balaban J connectivity index is 1.92. The van der Waals surface area contributed by atoms with Crippen molar-refractivity contribution in [2.75, 3.05) is 6.54 Å². The molecule has 3 heterocycles. The Kier molecular flexibility index (Phi) is 3.82. The van der Waals surface area contributed by atoms with E-state index in [2.05, 4.69) is 47.8 Å². The van der Waals surface area contributed by atoms with Crippen LogP contribution in [0, 0.1) is 5.92 Å². The van der Waals surface area contributed by atoms with Gasteiger partial charge in [0, 0.05) is 13.1 Å². The topological polar surface area (TPSA) is 52.0 Å². The van der Waals surface area contributed by atoms with E-state index in [9.17, 15) is 0 Å². The SMILES string of the molecule is CCCC1NCCn2c1nnc2C1C(C)OC(C)C1C. The Morgan fingerprint density at radius 2 is 1.95 bits per heavy atom. The van der Waals surface area contributed by atoms with Crippen LogP contribution in [-0.4, -0.2) is 33.5 Å². The summed E-state index contributed by atoms with van der Waals surface area (Å²) in [5.74, 6) is 3.11. The van der Waals surface area contributed by atoms with Gasteiger partial charge in [-0.1, -0.05) is 20.3 Å². The van der Waals surface area contributed by atoms with Crippen LogP contribution in [0.15, 0.2) is 0 Å². The van der Waals surface area contributed by atoms with E-state index in [-0.39, 0.29) is 6.10 Å². The molecule has 0 bridgehead atoms. The molecule has 2 aliphatic heterocycles. The summed E-state index contributed by atoms with van der Waals surface area (Å²) in [6, 6.07) is 0.361. The Hall–Kier alpha value is -0.940. The lowest BCUT2D eigenvalue weighted by atomic mass is 9.88. The molecular weight excluding hydrogens is 252 g/mol. The number of nitrogens with one attached hydrogen (secondary N) is 1. The lowest BCUT2D eigenvalue weighted by Crippen LogP contribution is -2.35. The Morgan fingerprint density at radius 1 is 1.20 bits per heavy atom. The van der Waals surface area contributed by atoms with Crippen LogP contribution < -0.4 is 5.32 Å². The zero-order chi connectivity index (χ0) is 14.3. The summed E-state index contributed by atoms with van der Waals surface area (Å²) < 4.78 is 8.32. The highest BCUT2D eigenvalue weighted by Gasteiger charge is 2.41. The van der Waals surface area contributed by atoms with E-state index in [1.165, 1.54) is 0 Å². The number of fused-ring (bicyclic) bond motifs is 1. The van der Waals surface area contributed by atoms with Crippen LogP contribution in [0.1, 0.15) is 64.1 Å². The molecule has 1 saturated heterocycles. The van der Waals surface area contributed by atoms with Crippen LogP contribution in [0.5, 0.6) is 0 Å². The van der Waals surface area contributed by atoms with Crippen molar-refractivity contribution >= 4 is 0 Å². The highest BCUT2D eigenvalue weighted by atomic mass is 16.5. The fourth-order valence-corrected chi connectivity index (χ4v) is 3.73. The van der Waals surface area contributed by atoms with E-state index in [0.717, 1.165) is 37.6 Å². The average Bonchev–Trinajstić information content (AvgIpc) is 2.93. The predicted octanol–water partition coefficient (Wildman–Crippen LogP) is 2.25. The maximum atomic E-state index is 5.98. The van der Waals surface area contributed by atoms with Crippen molar-refractivity contribution < 1.29 is 4.74 Å². The molecule has 5 nitrogen and oxygen atoms in total. The molecule has 1 aromatic heterocycles. The van der Waals surface area contributed by atoms with Gasteiger partial charge in [0.1, 0.15) is 11.6 Å². The second-order valence-corrected chi connectivity index (χ2v) is 6.29. The fraction of sp³-hybridized carbons (Fsp3) is 0.867. The minimum atomic E-state index is 0.229. The van der Waals surface area contributed by atoms with Crippen LogP contribution in [0.3, 0.4) is 0 Å². The second kappa shape index (κ2) is 5.45. The van der Waals surface area contributed by atoms with Crippen LogP contribution in [-0.2, 0) is 11.3 Å². The molecule has 112 valence electrons. The maximum Gasteiger partial charge on any atom is 0.150 e. The van der Waals surface area contributed by atoms with Gasteiger partial charge in [-0.3, -0.25) is 0 Å². The number of hydrogen-bond donors (Lipinski definition) is 1. The Bertz CT molecular complexity index is 472. The number of ether oxygens (including phenoxy) is 1. The summed E-state index contributed by atoms with van der Waals surface area (Å²) in [7, 11) is 0. The van der Waals surface area contributed by atoms with Gasteiger partial charge in [-0.05, 0) is 26.2 Å². The Morgan fingerprint density at radius 3 is 2.60 bits per heavy atom. The van der Waals surface area contributed by atoms with Crippen LogP contribution >= 0.6 is 0 Å². The minimum Gasteiger partial charge on any atom is -0.374 e. The van der Waals surface area contributed by atoms with Crippen molar-refractivity contribution in [3.05, 3.63) is 11.6 Å². The lowest BCUT2D eigenvalue weighted by molar-refractivity contribution is 0.0551. The highest BCUT2D eigenvalue weighted by Crippen LogP contribution is 2.40. The first-order valence-electron chi connectivity index (χ1n) is 7.95. The highest BCUT2D eigenvalue weighted by molar-refractivity contribution is 5.12. The van der Waals surface area contributed by atoms with E-state index < -0.39 is 0 Å². The molecule has 1 aromatic rings. The monoisotopic (exact) mass is 278 g/mol. The number of rotatable bonds is 3. The third-order valence-corrected chi connectivity index (χ3v) is 4.96. The van der Waals surface area contributed by atoms with Crippen LogP contribution in [0.4, 0.5) is 0 Å². The van der Waals surface area contributed by atoms with Gasteiger partial charge in [-0.2, -0.15) is 0 Å². The van der Waals surface area contributed by atoms with Gasteiger partial charge in [0.25, 0.3) is 0 Å². The first-order valence-corrected chi connectivity index (χ1v) is 7.95. The number of hydrogen-bond acceptors (Lipinski definition) is 4. The molecule has 5 unspecified atom stereocenters. The second-order valence-electron chi connectivity index (χ2n) is 6.29. The number of aromatic nitrogens is 3. The van der Waals surface area contributed by atoms with Crippen LogP contribution in [0.2, 0.25) is 0 Å². The quantitative estimate of drug-likeness (QED) is 0.921. The first-order chi connectivity index (χ1) is 9.63. The van der Waals surface area contributed by atoms with Crippen LogP contribution in [0.25, 0.3) is 0 Å². The standard InChI is InChI=1S/C15H26N4O/c1-5-6-12-14-17-18-15(19(14)8-7-16-12)13-9(2)10(3)20-11(13)4/h9-13,16H,5-8H2,1-4H3. The molecule has 0 amide bonds. The van der Waals surface area contributed by atoms with Gasteiger partial charge in [-0.25, -0.2) is 0 Å². The average molecular weight is 278 g/mol. The molecule has 1 fully saturated rings. The summed E-state index contributed by atoms with van der Waals surface area (Å²) in [6.45, 7) is 10.8. The summed E-state index contributed by atoms with van der Waals surface area (Å²) in [6.07, 6.45) is 2.82. The molecule has 0 aromatic carbocycles. The Labute approximate surface area is 121 Å². The van der Waals surface area contributed by atoms with Crippen molar-refractivity contribution in [1.29, 1.82) is 0 Å². The smallest absolute Gasteiger partial charge is 0.150 e. The lowest BCUT2D eigenvalue weighted by Gasteiger charge is -2.27. The third kappa shape index (κ3) is 2.17. The summed E-state index contributed by atoms with van der Waals surface area (Å²) in [5.41, 5.74) is 0. The molecule has 0 aliphatic carbocycles.